The summed E-state index contributed by atoms with van der Waals surface area (Å²) in [6.45, 7) is 3.22. The number of hydrogen-bond donors (Lipinski definition) is 3. The molecule has 1 fully saturated rings. The summed E-state index contributed by atoms with van der Waals surface area (Å²) in [5, 5.41) is 3.17. The molecule has 0 bridgehead atoms. The average molecular weight is 277 g/mol. The molecule has 17 heavy (non-hydrogen) atoms. The van der Waals surface area contributed by atoms with Crippen LogP contribution in [0.5, 0.6) is 0 Å². The Bertz CT molecular complexity index is 540. The molecule has 0 amide bonds. The highest BCUT2D eigenvalue weighted by atomic mass is 32.2. The first-order valence-electron chi connectivity index (χ1n) is 5.42. The van der Waals surface area contributed by atoms with Crippen LogP contribution in [0, 0.1) is 6.92 Å². The fraction of sp³-hybridized carbons (Fsp3) is 0.667. The minimum atomic E-state index is -3.56. The highest BCUT2D eigenvalue weighted by Crippen LogP contribution is 2.17. The minimum absolute atomic E-state index is 0.0437. The molecule has 0 radical (unpaired) electrons. The Morgan fingerprint density at radius 3 is 2.53 bits per heavy atom. The fourth-order valence-corrected chi connectivity index (χ4v) is 4.48. The monoisotopic (exact) mass is 277 g/mol. The first kappa shape index (κ1) is 12.7. The van der Waals surface area contributed by atoms with Crippen molar-refractivity contribution in [3.63, 3.8) is 0 Å². The van der Waals surface area contributed by atoms with Gasteiger partial charge in [0, 0.05) is 11.7 Å². The Balaban J connectivity index is 2.18. The second-order valence-electron chi connectivity index (χ2n) is 4.07. The van der Waals surface area contributed by atoms with E-state index in [1.807, 2.05) is 0 Å². The standard InChI is InChI=1S/C9H15N3O3S2/c1-6-8(16-9(13)11-6)17(14,15)12-7-2-4-10-5-3-7/h7,10,12H,2-5H2,1H3,(H,11,13). The van der Waals surface area contributed by atoms with E-state index in [0.29, 0.717) is 5.69 Å². The third-order valence-corrected chi connectivity index (χ3v) is 5.81. The van der Waals surface area contributed by atoms with Gasteiger partial charge in [-0.25, -0.2) is 13.1 Å². The van der Waals surface area contributed by atoms with Crippen LogP contribution >= 0.6 is 11.3 Å². The van der Waals surface area contributed by atoms with E-state index >= 15 is 0 Å². The number of aromatic nitrogens is 1. The van der Waals surface area contributed by atoms with Crippen LogP contribution in [0.2, 0.25) is 0 Å². The van der Waals surface area contributed by atoms with Crippen molar-refractivity contribution in [3.8, 4) is 0 Å². The van der Waals surface area contributed by atoms with Crippen LogP contribution in [0.25, 0.3) is 0 Å². The van der Waals surface area contributed by atoms with Gasteiger partial charge in [0.2, 0.25) is 0 Å². The Labute approximate surface area is 103 Å². The second-order valence-corrected chi connectivity index (χ2v) is 6.96. The van der Waals surface area contributed by atoms with Crippen molar-refractivity contribution in [2.45, 2.75) is 30.0 Å². The SMILES string of the molecule is Cc1[nH]c(=O)sc1S(=O)(=O)NC1CCNCC1. The first-order valence-corrected chi connectivity index (χ1v) is 7.72. The van der Waals surface area contributed by atoms with Crippen LogP contribution in [0.3, 0.4) is 0 Å². The zero-order valence-corrected chi connectivity index (χ0v) is 11.1. The minimum Gasteiger partial charge on any atom is -0.317 e. The van der Waals surface area contributed by atoms with Crippen LogP contribution in [0.4, 0.5) is 0 Å². The first-order chi connectivity index (χ1) is 7.99. The Morgan fingerprint density at radius 2 is 2.00 bits per heavy atom. The molecule has 1 aromatic rings. The maximum atomic E-state index is 12.1. The van der Waals surface area contributed by atoms with Crippen LogP contribution in [0.1, 0.15) is 18.5 Å². The van der Waals surface area contributed by atoms with E-state index in [9.17, 15) is 13.2 Å². The largest absolute Gasteiger partial charge is 0.317 e. The lowest BCUT2D eigenvalue weighted by Gasteiger charge is -2.23. The zero-order chi connectivity index (χ0) is 12.5. The Kier molecular flexibility index (Phi) is 3.67. The third kappa shape index (κ3) is 2.95. The molecule has 1 saturated heterocycles. The summed E-state index contributed by atoms with van der Waals surface area (Å²) < 4.78 is 26.9. The summed E-state index contributed by atoms with van der Waals surface area (Å²) in [5.74, 6) is 0. The lowest BCUT2D eigenvalue weighted by atomic mass is 10.1. The van der Waals surface area contributed by atoms with E-state index in [0.717, 1.165) is 37.3 Å². The smallest absolute Gasteiger partial charge is 0.305 e. The number of thiazole rings is 1. The van der Waals surface area contributed by atoms with E-state index < -0.39 is 10.0 Å². The van der Waals surface area contributed by atoms with Gasteiger partial charge in [-0.15, -0.1) is 0 Å². The van der Waals surface area contributed by atoms with Gasteiger partial charge in [0.05, 0.1) is 0 Å². The van der Waals surface area contributed by atoms with Gasteiger partial charge >= 0.3 is 4.87 Å². The molecule has 0 unspecified atom stereocenters. The molecular weight excluding hydrogens is 262 g/mol. The van der Waals surface area contributed by atoms with Gasteiger partial charge in [-0.05, 0) is 32.9 Å². The summed E-state index contributed by atoms with van der Waals surface area (Å²) in [4.78, 5) is 13.3. The van der Waals surface area contributed by atoms with Gasteiger partial charge in [0.1, 0.15) is 0 Å². The van der Waals surface area contributed by atoms with Crippen molar-refractivity contribution in [3.05, 3.63) is 15.4 Å². The zero-order valence-electron chi connectivity index (χ0n) is 9.45. The molecule has 0 atom stereocenters. The van der Waals surface area contributed by atoms with Gasteiger partial charge in [-0.2, -0.15) is 0 Å². The number of aryl methyl sites for hydroxylation is 1. The molecule has 96 valence electrons. The maximum absolute atomic E-state index is 12.1. The summed E-state index contributed by atoms with van der Waals surface area (Å²) in [7, 11) is -3.56. The van der Waals surface area contributed by atoms with E-state index in [-0.39, 0.29) is 15.1 Å². The number of nitrogens with one attached hydrogen (secondary N) is 3. The normalized spacial score (nSPS) is 18.4. The van der Waals surface area contributed by atoms with Gasteiger partial charge in [-0.1, -0.05) is 11.3 Å². The molecule has 3 N–H and O–H groups in total. The summed E-state index contributed by atoms with van der Waals surface area (Å²) >= 11 is 0.733. The fourth-order valence-electron chi connectivity index (χ4n) is 1.86. The number of piperidine rings is 1. The van der Waals surface area contributed by atoms with E-state index in [4.69, 9.17) is 0 Å². The van der Waals surface area contributed by atoms with Gasteiger partial charge in [0.15, 0.2) is 4.21 Å². The van der Waals surface area contributed by atoms with Crippen molar-refractivity contribution < 1.29 is 8.42 Å². The number of aromatic amines is 1. The van der Waals surface area contributed by atoms with Gasteiger partial charge < -0.3 is 10.3 Å². The number of hydrogen-bond acceptors (Lipinski definition) is 5. The molecule has 0 saturated carbocycles. The highest BCUT2D eigenvalue weighted by molar-refractivity contribution is 7.91. The van der Waals surface area contributed by atoms with Crippen LogP contribution < -0.4 is 14.9 Å². The highest BCUT2D eigenvalue weighted by Gasteiger charge is 2.25. The third-order valence-electron chi connectivity index (χ3n) is 2.69. The van der Waals surface area contributed by atoms with Crippen LogP contribution in [0.15, 0.2) is 9.00 Å². The van der Waals surface area contributed by atoms with Crippen LogP contribution in [-0.2, 0) is 10.0 Å². The van der Waals surface area contributed by atoms with E-state index in [1.165, 1.54) is 0 Å². The van der Waals surface area contributed by atoms with Crippen molar-refractivity contribution >= 4 is 21.4 Å². The molecule has 1 aromatic heterocycles. The number of rotatable bonds is 3. The summed E-state index contributed by atoms with van der Waals surface area (Å²) in [6.07, 6.45) is 1.55. The topological polar surface area (TPSA) is 91.1 Å². The molecular formula is C9H15N3O3S2. The number of sulfonamides is 1. The van der Waals surface area contributed by atoms with Crippen molar-refractivity contribution in [1.29, 1.82) is 0 Å². The Hall–Kier alpha value is -0.700. The van der Waals surface area contributed by atoms with E-state index in [2.05, 4.69) is 15.0 Å². The molecule has 2 rings (SSSR count). The molecule has 1 aliphatic heterocycles. The summed E-state index contributed by atoms with van der Waals surface area (Å²) in [6, 6.07) is -0.0437. The van der Waals surface area contributed by atoms with Crippen molar-refractivity contribution in [1.82, 2.24) is 15.0 Å². The quantitative estimate of drug-likeness (QED) is 0.712. The number of H-pyrrole nitrogens is 1. The summed E-state index contributed by atoms with van der Waals surface area (Å²) in [5.41, 5.74) is 0.404. The Morgan fingerprint density at radius 1 is 1.35 bits per heavy atom. The molecule has 0 aliphatic carbocycles. The molecule has 6 nitrogen and oxygen atoms in total. The van der Waals surface area contributed by atoms with Gasteiger partial charge in [-0.3, -0.25) is 4.79 Å². The molecule has 0 spiro atoms. The lowest BCUT2D eigenvalue weighted by molar-refractivity contribution is 0.427. The predicted octanol–water partition coefficient (Wildman–Crippen LogP) is -0.225. The van der Waals surface area contributed by atoms with Crippen molar-refractivity contribution in [2.75, 3.05) is 13.1 Å². The van der Waals surface area contributed by atoms with Crippen molar-refractivity contribution in [2.24, 2.45) is 0 Å². The second kappa shape index (κ2) is 4.89. The van der Waals surface area contributed by atoms with Crippen LogP contribution in [-0.4, -0.2) is 32.5 Å². The lowest BCUT2D eigenvalue weighted by Crippen LogP contribution is -2.42. The maximum Gasteiger partial charge on any atom is 0.305 e. The molecule has 1 aliphatic rings. The average Bonchev–Trinajstić information content (AvgIpc) is 2.59. The van der Waals surface area contributed by atoms with E-state index in [1.54, 1.807) is 6.92 Å². The molecule has 2 heterocycles. The van der Waals surface area contributed by atoms with Gasteiger partial charge in [0.25, 0.3) is 10.0 Å². The molecule has 0 aromatic carbocycles. The predicted molar refractivity (Wildman–Crippen MR) is 65.9 cm³/mol. The molecule has 8 heteroatoms.